The van der Waals surface area contributed by atoms with Crippen LogP contribution in [0.3, 0.4) is 0 Å². The van der Waals surface area contributed by atoms with E-state index in [-0.39, 0.29) is 0 Å². The average molecular weight is 244 g/mol. The molecule has 0 bridgehead atoms. The summed E-state index contributed by atoms with van der Waals surface area (Å²) in [5, 5.41) is 19.0. The Kier molecular flexibility index (Phi) is 4.00. The van der Waals surface area contributed by atoms with Crippen LogP contribution in [0.25, 0.3) is 0 Å². The Morgan fingerprint density at radius 2 is 2.06 bits per heavy atom. The van der Waals surface area contributed by atoms with Crippen molar-refractivity contribution in [1.82, 2.24) is 4.90 Å². The lowest BCUT2D eigenvalue weighted by molar-refractivity contribution is 0.109. The van der Waals surface area contributed by atoms with Gasteiger partial charge < -0.3 is 5.11 Å². The summed E-state index contributed by atoms with van der Waals surface area (Å²) in [5.74, 6) is 0.716. The summed E-state index contributed by atoms with van der Waals surface area (Å²) in [6, 6.07) is 9.83. The van der Waals surface area contributed by atoms with Gasteiger partial charge in [0.2, 0.25) is 0 Å². The first-order chi connectivity index (χ1) is 8.60. The van der Waals surface area contributed by atoms with E-state index in [9.17, 15) is 5.11 Å². The molecule has 1 saturated heterocycles. The van der Waals surface area contributed by atoms with Crippen LogP contribution in [0.15, 0.2) is 24.3 Å². The molecule has 0 aliphatic carbocycles. The van der Waals surface area contributed by atoms with Gasteiger partial charge in [0.25, 0.3) is 0 Å². The Morgan fingerprint density at radius 3 is 2.56 bits per heavy atom. The van der Waals surface area contributed by atoms with Gasteiger partial charge in [-0.05, 0) is 37.0 Å². The van der Waals surface area contributed by atoms with Gasteiger partial charge in [-0.15, -0.1) is 0 Å². The van der Waals surface area contributed by atoms with Crippen molar-refractivity contribution in [3.05, 3.63) is 35.4 Å². The first-order valence-corrected chi connectivity index (χ1v) is 6.52. The van der Waals surface area contributed by atoms with Gasteiger partial charge in [0.05, 0.1) is 17.7 Å². The van der Waals surface area contributed by atoms with Gasteiger partial charge in [0.15, 0.2) is 0 Å². The molecule has 3 heteroatoms. The molecule has 1 aromatic carbocycles. The zero-order valence-corrected chi connectivity index (χ0v) is 11.0. The number of nitrogens with zero attached hydrogens (tertiary/aromatic N) is 2. The largest absolute Gasteiger partial charge is 0.387 e. The molecular formula is C15H20N2O. The van der Waals surface area contributed by atoms with Crippen molar-refractivity contribution in [2.24, 2.45) is 5.92 Å². The van der Waals surface area contributed by atoms with E-state index in [1.54, 1.807) is 12.1 Å². The third-order valence-corrected chi connectivity index (χ3v) is 3.75. The van der Waals surface area contributed by atoms with Gasteiger partial charge in [0.1, 0.15) is 0 Å². The topological polar surface area (TPSA) is 47.3 Å². The summed E-state index contributed by atoms with van der Waals surface area (Å²) in [6.45, 7) is 6.21. The molecule has 3 nitrogen and oxygen atoms in total. The van der Waals surface area contributed by atoms with Gasteiger partial charge in [-0.2, -0.15) is 5.26 Å². The van der Waals surface area contributed by atoms with E-state index in [1.807, 2.05) is 12.1 Å². The number of aliphatic hydroxyl groups is 1. The molecule has 1 aliphatic rings. The van der Waals surface area contributed by atoms with Crippen molar-refractivity contribution in [3.63, 3.8) is 0 Å². The van der Waals surface area contributed by atoms with Crippen LogP contribution in [0.1, 0.15) is 37.5 Å². The van der Waals surface area contributed by atoms with Crippen LogP contribution in [0.4, 0.5) is 0 Å². The normalized spacial score (nSPS) is 25.9. The zero-order valence-electron chi connectivity index (χ0n) is 11.0. The minimum atomic E-state index is -0.467. The molecular weight excluding hydrogens is 224 g/mol. The average Bonchev–Trinajstić information content (AvgIpc) is 2.68. The van der Waals surface area contributed by atoms with Gasteiger partial charge >= 0.3 is 0 Å². The van der Waals surface area contributed by atoms with Gasteiger partial charge in [-0.25, -0.2) is 0 Å². The number of aliphatic hydroxyl groups excluding tert-OH is 1. The molecule has 18 heavy (non-hydrogen) atoms. The third kappa shape index (κ3) is 2.90. The summed E-state index contributed by atoms with van der Waals surface area (Å²) in [6.07, 6.45) is 0.741. The highest BCUT2D eigenvalue weighted by atomic mass is 16.3. The van der Waals surface area contributed by atoms with E-state index in [1.165, 1.54) is 6.42 Å². The van der Waals surface area contributed by atoms with Crippen LogP contribution in [0, 0.1) is 17.2 Å². The Bertz CT molecular complexity index is 435. The van der Waals surface area contributed by atoms with E-state index in [0.29, 0.717) is 24.1 Å². The monoisotopic (exact) mass is 244 g/mol. The van der Waals surface area contributed by atoms with E-state index in [2.05, 4.69) is 24.8 Å². The molecule has 1 N–H and O–H groups in total. The van der Waals surface area contributed by atoms with Crippen LogP contribution in [0.5, 0.6) is 0 Å². The zero-order chi connectivity index (χ0) is 13.1. The third-order valence-electron chi connectivity index (χ3n) is 3.75. The lowest BCUT2D eigenvalue weighted by atomic mass is 10.1. The molecule has 1 aliphatic heterocycles. The van der Waals surface area contributed by atoms with Crippen molar-refractivity contribution in [2.75, 3.05) is 13.1 Å². The molecule has 1 aromatic rings. The standard InChI is InChI=1S/C15H20N2O/c1-11-7-12(2)17(9-11)10-15(18)14-5-3-13(8-16)4-6-14/h3-6,11-12,15,18H,7,9-10H2,1-2H3. The molecule has 0 radical (unpaired) electrons. The fourth-order valence-corrected chi connectivity index (χ4v) is 2.75. The van der Waals surface area contributed by atoms with Crippen LogP contribution in [-0.2, 0) is 0 Å². The van der Waals surface area contributed by atoms with Crippen LogP contribution < -0.4 is 0 Å². The Balaban J connectivity index is 1.99. The van der Waals surface area contributed by atoms with Gasteiger partial charge in [0, 0.05) is 19.1 Å². The predicted molar refractivity (Wildman–Crippen MR) is 70.9 cm³/mol. The Labute approximate surface area is 109 Å². The highest BCUT2D eigenvalue weighted by molar-refractivity contribution is 5.32. The molecule has 3 atom stereocenters. The number of nitriles is 1. The fraction of sp³-hybridized carbons (Fsp3) is 0.533. The summed E-state index contributed by atoms with van der Waals surface area (Å²) in [4.78, 5) is 2.34. The second-order valence-electron chi connectivity index (χ2n) is 5.39. The van der Waals surface area contributed by atoms with E-state index < -0.39 is 6.10 Å². The number of rotatable bonds is 3. The minimum Gasteiger partial charge on any atom is -0.387 e. The van der Waals surface area contributed by atoms with Gasteiger partial charge in [-0.3, -0.25) is 4.90 Å². The highest BCUT2D eigenvalue weighted by Crippen LogP contribution is 2.25. The minimum absolute atomic E-state index is 0.467. The summed E-state index contributed by atoms with van der Waals surface area (Å²) in [5.41, 5.74) is 1.52. The quantitative estimate of drug-likeness (QED) is 0.887. The maximum absolute atomic E-state index is 10.2. The van der Waals surface area contributed by atoms with Crippen LogP contribution >= 0.6 is 0 Å². The van der Waals surface area contributed by atoms with E-state index in [4.69, 9.17) is 5.26 Å². The molecule has 1 heterocycles. The fourth-order valence-electron chi connectivity index (χ4n) is 2.75. The molecule has 0 aromatic heterocycles. The molecule has 96 valence electrons. The predicted octanol–water partition coefficient (Wildman–Crippen LogP) is 2.32. The van der Waals surface area contributed by atoms with Crippen LogP contribution in [0.2, 0.25) is 0 Å². The molecule has 3 unspecified atom stereocenters. The molecule has 0 spiro atoms. The summed E-state index contributed by atoms with van der Waals surface area (Å²) < 4.78 is 0. The SMILES string of the molecule is CC1CC(C)N(CC(O)c2ccc(C#N)cc2)C1. The van der Waals surface area contributed by atoms with Crippen molar-refractivity contribution < 1.29 is 5.11 Å². The summed E-state index contributed by atoms with van der Waals surface area (Å²) >= 11 is 0. The first-order valence-electron chi connectivity index (χ1n) is 6.52. The maximum Gasteiger partial charge on any atom is 0.0991 e. The summed E-state index contributed by atoms with van der Waals surface area (Å²) in [7, 11) is 0. The molecule has 0 amide bonds. The van der Waals surface area contributed by atoms with E-state index >= 15 is 0 Å². The lowest BCUT2D eigenvalue weighted by Crippen LogP contribution is -2.31. The second-order valence-corrected chi connectivity index (χ2v) is 5.39. The van der Waals surface area contributed by atoms with Crippen molar-refractivity contribution >= 4 is 0 Å². The molecule has 0 saturated carbocycles. The number of β-amino-alcohol motifs (C(OH)–C–C–N with tert-alkyl or cyclic N) is 1. The maximum atomic E-state index is 10.2. The first kappa shape index (κ1) is 13.1. The van der Waals surface area contributed by atoms with Crippen molar-refractivity contribution in [3.8, 4) is 6.07 Å². The Morgan fingerprint density at radius 1 is 1.39 bits per heavy atom. The van der Waals surface area contributed by atoms with Crippen molar-refractivity contribution in [1.29, 1.82) is 5.26 Å². The Hall–Kier alpha value is -1.37. The number of hydrogen-bond donors (Lipinski definition) is 1. The van der Waals surface area contributed by atoms with E-state index in [0.717, 1.165) is 12.1 Å². The second kappa shape index (κ2) is 5.51. The molecule has 2 rings (SSSR count). The highest BCUT2D eigenvalue weighted by Gasteiger charge is 2.27. The number of hydrogen-bond acceptors (Lipinski definition) is 3. The van der Waals surface area contributed by atoms with Crippen molar-refractivity contribution in [2.45, 2.75) is 32.4 Å². The number of benzene rings is 1. The number of likely N-dealkylation sites (tertiary alicyclic amines) is 1. The molecule has 1 fully saturated rings. The van der Waals surface area contributed by atoms with Crippen LogP contribution in [-0.4, -0.2) is 29.1 Å². The van der Waals surface area contributed by atoms with Gasteiger partial charge in [-0.1, -0.05) is 19.1 Å². The smallest absolute Gasteiger partial charge is 0.0991 e. The lowest BCUT2D eigenvalue weighted by Gasteiger charge is -2.24.